The average Bonchev–Trinajstić information content (AvgIpc) is 2.77. The van der Waals surface area contributed by atoms with Crippen LogP contribution in [-0.4, -0.2) is 25.2 Å². The van der Waals surface area contributed by atoms with Crippen molar-refractivity contribution in [1.82, 2.24) is 15.8 Å². The average molecular weight is 499 g/mol. The van der Waals surface area contributed by atoms with E-state index in [0.29, 0.717) is 6.07 Å². The number of nitrogens with one attached hydrogen (secondary N) is 3. The van der Waals surface area contributed by atoms with E-state index in [-0.39, 0.29) is 26.9 Å². The summed E-state index contributed by atoms with van der Waals surface area (Å²) in [6, 6.07) is 11.1. The molecule has 0 radical (unpaired) electrons. The molecule has 0 bridgehead atoms. The lowest BCUT2D eigenvalue weighted by atomic mass is 10.2. The SMILES string of the molecule is O=C(NNC(=O)c1cccc(S(=O)(=O)Nc2cccc(C(F)(F)F)c2)c1)c1ccc(Cl)nc1. The molecule has 1 heterocycles. The maximum atomic E-state index is 12.9. The standard InChI is InChI=1S/C20H14ClF3N4O4S/c21-17-8-7-13(11-25-17)19(30)27-26-18(29)12-3-1-6-16(9-12)33(31,32)28-15-5-2-4-14(10-15)20(22,23)24/h1-11,28H,(H,26,29)(H,27,30). The molecule has 3 N–H and O–H groups in total. The Hall–Kier alpha value is -3.64. The van der Waals surface area contributed by atoms with Gasteiger partial charge in [0.15, 0.2) is 0 Å². The van der Waals surface area contributed by atoms with Gasteiger partial charge in [0.2, 0.25) is 0 Å². The van der Waals surface area contributed by atoms with Gasteiger partial charge in [-0.25, -0.2) is 13.4 Å². The molecular weight excluding hydrogens is 485 g/mol. The molecule has 172 valence electrons. The number of anilines is 1. The summed E-state index contributed by atoms with van der Waals surface area (Å²) in [6.07, 6.45) is -3.46. The molecule has 33 heavy (non-hydrogen) atoms. The van der Waals surface area contributed by atoms with E-state index in [1.54, 1.807) is 0 Å². The summed E-state index contributed by atoms with van der Waals surface area (Å²) < 4.78 is 65.8. The van der Waals surface area contributed by atoms with Crippen molar-refractivity contribution in [2.75, 3.05) is 4.72 Å². The van der Waals surface area contributed by atoms with E-state index in [1.165, 1.54) is 30.5 Å². The number of amides is 2. The Kier molecular flexibility index (Phi) is 6.89. The molecule has 3 aromatic rings. The molecule has 0 atom stereocenters. The number of pyridine rings is 1. The minimum Gasteiger partial charge on any atom is -0.280 e. The van der Waals surface area contributed by atoms with Crippen LogP contribution in [0.15, 0.2) is 71.8 Å². The Morgan fingerprint density at radius 3 is 2.18 bits per heavy atom. The van der Waals surface area contributed by atoms with Crippen molar-refractivity contribution >= 4 is 39.1 Å². The zero-order valence-corrected chi connectivity index (χ0v) is 17.9. The summed E-state index contributed by atoms with van der Waals surface area (Å²) in [6.45, 7) is 0. The largest absolute Gasteiger partial charge is 0.416 e. The molecule has 3 rings (SSSR count). The molecule has 0 aliphatic heterocycles. The lowest BCUT2D eigenvalue weighted by Gasteiger charge is -2.12. The van der Waals surface area contributed by atoms with E-state index < -0.39 is 33.6 Å². The molecule has 0 fully saturated rings. The van der Waals surface area contributed by atoms with Gasteiger partial charge in [-0.05, 0) is 48.5 Å². The number of aromatic nitrogens is 1. The van der Waals surface area contributed by atoms with E-state index in [1.807, 2.05) is 4.72 Å². The van der Waals surface area contributed by atoms with E-state index in [2.05, 4.69) is 15.8 Å². The topological polar surface area (TPSA) is 117 Å². The molecule has 0 spiro atoms. The van der Waals surface area contributed by atoms with E-state index in [0.717, 1.165) is 30.3 Å². The van der Waals surface area contributed by atoms with Gasteiger partial charge in [-0.15, -0.1) is 0 Å². The maximum absolute atomic E-state index is 12.9. The highest BCUT2D eigenvalue weighted by atomic mass is 35.5. The number of carbonyl (C=O) groups is 2. The van der Waals surface area contributed by atoms with Crippen molar-refractivity contribution in [2.45, 2.75) is 11.1 Å². The summed E-state index contributed by atoms with van der Waals surface area (Å²) in [5.41, 5.74) is 2.92. The summed E-state index contributed by atoms with van der Waals surface area (Å²) in [7, 11) is -4.32. The van der Waals surface area contributed by atoms with Crippen molar-refractivity contribution in [2.24, 2.45) is 0 Å². The van der Waals surface area contributed by atoms with Crippen molar-refractivity contribution in [3.63, 3.8) is 0 Å². The summed E-state index contributed by atoms with van der Waals surface area (Å²) in [5, 5.41) is 0.173. The molecule has 1 aromatic heterocycles. The molecule has 13 heteroatoms. The van der Waals surface area contributed by atoms with Gasteiger partial charge in [0.05, 0.1) is 16.0 Å². The van der Waals surface area contributed by atoms with Gasteiger partial charge in [0, 0.05) is 17.4 Å². The van der Waals surface area contributed by atoms with Crippen molar-refractivity contribution < 1.29 is 31.2 Å². The Balaban J connectivity index is 1.72. The van der Waals surface area contributed by atoms with E-state index in [9.17, 15) is 31.2 Å². The number of hydrogen-bond acceptors (Lipinski definition) is 5. The second-order valence-electron chi connectivity index (χ2n) is 6.49. The first-order valence-electron chi connectivity index (χ1n) is 8.98. The molecule has 2 aromatic carbocycles. The number of rotatable bonds is 5. The van der Waals surface area contributed by atoms with Crippen LogP contribution in [0, 0.1) is 0 Å². The first-order valence-corrected chi connectivity index (χ1v) is 10.8. The van der Waals surface area contributed by atoms with Gasteiger partial charge < -0.3 is 0 Å². The predicted octanol–water partition coefficient (Wildman–Crippen LogP) is 3.63. The van der Waals surface area contributed by atoms with E-state index in [4.69, 9.17) is 11.6 Å². The molecule has 0 unspecified atom stereocenters. The van der Waals surface area contributed by atoms with Crippen molar-refractivity contribution in [1.29, 1.82) is 0 Å². The zero-order chi connectivity index (χ0) is 24.2. The summed E-state index contributed by atoms with van der Waals surface area (Å²) in [4.78, 5) is 27.7. The molecule has 0 saturated heterocycles. The minimum absolute atomic E-state index is 0.112. The van der Waals surface area contributed by atoms with Crippen LogP contribution in [0.5, 0.6) is 0 Å². The molecule has 0 aliphatic rings. The number of nitrogens with zero attached hydrogens (tertiary/aromatic N) is 1. The molecule has 2 amide bonds. The fourth-order valence-electron chi connectivity index (χ4n) is 2.55. The van der Waals surface area contributed by atoms with Crippen LogP contribution in [0.1, 0.15) is 26.3 Å². The number of sulfonamides is 1. The lowest BCUT2D eigenvalue weighted by molar-refractivity contribution is -0.137. The third kappa shape index (κ3) is 6.20. The van der Waals surface area contributed by atoms with Crippen LogP contribution in [0.4, 0.5) is 18.9 Å². The molecule has 8 nitrogen and oxygen atoms in total. The normalized spacial score (nSPS) is 11.5. The highest BCUT2D eigenvalue weighted by molar-refractivity contribution is 7.92. The van der Waals surface area contributed by atoms with Crippen LogP contribution in [0.2, 0.25) is 5.15 Å². The van der Waals surface area contributed by atoms with E-state index >= 15 is 0 Å². The van der Waals surface area contributed by atoms with Crippen LogP contribution in [0.3, 0.4) is 0 Å². The third-order valence-corrected chi connectivity index (χ3v) is 5.73. The number of halogens is 4. The fraction of sp³-hybridized carbons (Fsp3) is 0.0500. The van der Waals surface area contributed by atoms with Gasteiger partial charge in [-0.1, -0.05) is 23.7 Å². The van der Waals surface area contributed by atoms with Gasteiger partial charge >= 0.3 is 6.18 Å². The minimum atomic E-state index is -4.65. The number of carbonyl (C=O) groups excluding carboxylic acids is 2. The highest BCUT2D eigenvalue weighted by Gasteiger charge is 2.30. The molecular formula is C20H14ClF3N4O4S. The maximum Gasteiger partial charge on any atom is 0.416 e. The molecule has 0 saturated carbocycles. The Labute approximate surface area is 190 Å². The summed E-state index contributed by atoms with van der Waals surface area (Å²) >= 11 is 5.64. The van der Waals surface area contributed by atoms with Crippen molar-refractivity contribution in [3.05, 3.63) is 88.7 Å². The molecule has 0 aliphatic carbocycles. The number of hydrazine groups is 1. The van der Waals surface area contributed by atoms with Gasteiger partial charge in [-0.3, -0.25) is 25.2 Å². The Morgan fingerprint density at radius 2 is 1.55 bits per heavy atom. The monoisotopic (exact) mass is 498 g/mol. The number of hydrogen-bond donors (Lipinski definition) is 3. The van der Waals surface area contributed by atoms with Crippen molar-refractivity contribution in [3.8, 4) is 0 Å². The second-order valence-corrected chi connectivity index (χ2v) is 8.56. The quantitative estimate of drug-likeness (QED) is 0.367. The Morgan fingerprint density at radius 1 is 0.879 bits per heavy atom. The highest BCUT2D eigenvalue weighted by Crippen LogP contribution is 2.31. The van der Waals surface area contributed by atoms with Crippen LogP contribution < -0.4 is 15.6 Å². The van der Waals surface area contributed by atoms with Gasteiger partial charge in [-0.2, -0.15) is 13.2 Å². The smallest absolute Gasteiger partial charge is 0.280 e. The number of alkyl halides is 3. The Bertz CT molecular complexity index is 1300. The predicted molar refractivity (Wildman–Crippen MR) is 113 cm³/mol. The second kappa shape index (κ2) is 9.46. The first kappa shape index (κ1) is 24.0. The van der Waals surface area contributed by atoms with Gasteiger partial charge in [0.25, 0.3) is 21.8 Å². The van der Waals surface area contributed by atoms with Crippen LogP contribution >= 0.6 is 11.6 Å². The fourth-order valence-corrected chi connectivity index (χ4v) is 3.75. The van der Waals surface area contributed by atoms with Gasteiger partial charge in [0.1, 0.15) is 5.15 Å². The van der Waals surface area contributed by atoms with Crippen LogP contribution in [0.25, 0.3) is 0 Å². The van der Waals surface area contributed by atoms with Crippen LogP contribution in [-0.2, 0) is 16.2 Å². The third-order valence-electron chi connectivity index (χ3n) is 4.13. The zero-order valence-electron chi connectivity index (χ0n) is 16.4. The lowest BCUT2D eigenvalue weighted by Crippen LogP contribution is -2.41. The number of benzene rings is 2. The first-order chi connectivity index (χ1) is 15.5. The summed E-state index contributed by atoms with van der Waals surface area (Å²) in [5.74, 6) is -1.52.